The fourth-order valence-electron chi connectivity index (χ4n) is 5.80. The molecule has 1 heterocycles. The van der Waals surface area contributed by atoms with Gasteiger partial charge < -0.3 is 14.6 Å². The molecule has 0 saturated carbocycles. The van der Waals surface area contributed by atoms with Gasteiger partial charge in [-0.25, -0.2) is 0 Å². The summed E-state index contributed by atoms with van der Waals surface area (Å²) in [4.78, 5) is 2.28. The molecule has 1 fully saturated rings. The Morgan fingerprint density at radius 3 is 1.69 bits per heavy atom. The lowest BCUT2D eigenvalue weighted by atomic mass is 9.87. The van der Waals surface area contributed by atoms with E-state index in [2.05, 4.69) is 4.90 Å². The highest BCUT2D eigenvalue weighted by Gasteiger charge is 2.42. The van der Waals surface area contributed by atoms with E-state index in [0.717, 1.165) is 16.7 Å². The van der Waals surface area contributed by atoms with Gasteiger partial charge in [0.25, 0.3) is 0 Å². The molecule has 1 saturated heterocycles. The molecule has 4 aromatic carbocycles. The predicted molar refractivity (Wildman–Crippen MR) is 157 cm³/mol. The number of halogens is 6. The van der Waals surface area contributed by atoms with Gasteiger partial charge >= 0.3 is 12.4 Å². The van der Waals surface area contributed by atoms with E-state index in [1.165, 1.54) is 0 Å². The number of rotatable bonds is 11. The first-order chi connectivity index (χ1) is 21.5. The first kappa shape index (κ1) is 32.7. The molecule has 0 spiro atoms. The summed E-state index contributed by atoms with van der Waals surface area (Å²) in [6, 6.07) is 30.5. The molecule has 1 aliphatic heterocycles. The molecule has 0 radical (unpaired) electrons. The van der Waals surface area contributed by atoms with Crippen molar-refractivity contribution in [1.29, 1.82) is 0 Å². The molecule has 3 unspecified atom stereocenters. The van der Waals surface area contributed by atoms with Crippen molar-refractivity contribution in [3.8, 4) is 0 Å². The van der Waals surface area contributed by atoms with Crippen LogP contribution in [0.2, 0.25) is 0 Å². The zero-order valence-electron chi connectivity index (χ0n) is 24.2. The summed E-state index contributed by atoms with van der Waals surface area (Å²) in [7, 11) is 0. The zero-order valence-corrected chi connectivity index (χ0v) is 24.2. The summed E-state index contributed by atoms with van der Waals surface area (Å²) in [5, 5.41) is 10.2. The van der Waals surface area contributed by atoms with E-state index in [1.807, 2.05) is 91.0 Å². The van der Waals surface area contributed by atoms with Crippen LogP contribution in [0.5, 0.6) is 0 Å². The third-order valence-electron chi connectivity index (χ3n) is 7.90. The normalized spacial score (nSPS) is 19.6. The Labute approximate surface area is 257 Å². The molecule has 0 amide bonds. The van der Waals surface area contributed by atoms with Crippen LogP contribution in [0.25, 0.3) is 0 Å². The topological polar surface area (TPSA) is 41.9 Å². The Bertz CT molecular complexity index is 1430. The predicted octanol–water partition coefficient (Wildman–Crippen LogP) is 8.23. The van der Waals surface area contributed by atoms with Crippen molar-refractivity contribution in [3.63, 3.8) is 0 Å². The molecule has 0 bridgehead atoms. The maximum Gasteiger partial charge on any atom is 0.416 e. The number of ether oxygens (including phenoxy) is 2. The highest BCUT2D eigenvalue weighted by atomic mass is 19.4. The maximum atomic E-state index is 13.6. The van der Waals surface area contributed by atoms with Crippen LogP contribution >= 0.6 is 0 Å². The second-order valence-electron chi connectivity index (χ2n) is 11.2. The molecular formula is C35H33F6NO3. The van der Waals surface area contributed by atoms with Gasteiger partial charge in [-0.3, -0.25) is 4.90 Å². The minimum atomic E-state index is -5.03. The molecule has 1 N–H and O–H groups in total. The largest absolute Gasteiger partial charge is 0.416 e. The third kappa shape index (κ3) is 8.52. The van der Waals surface area contributed by atoms with Crippen LogP contribution < -0.4 is 0 Å². The number of benzene rings is 4. The number of hydrogen-bond donors (Lipinski definition) is 1. The fourth-order valence-corrected chi connectivity index (χ4v) is 5.80. The van der Waals surface area contributed by atoms with Crippen molar-refractivity contribution in [2.45, 2.75) is 43.8 Å². The van der Waals surface area contributed by atoms with E-state index in [0.29, 0.717) is 31.8 Å². The van der Waals surface area contributed by atoms with Crippen LogP contribution in [0.1, 0.15) is 45.4 Å². The van der Waals surface area contributed by atoms with E-state index in [4.69, 9.17) is 9.47 Å². The van der Waals surface area contributed by atoms with E-state index >= 15 is 0 Å². The molecule has 4 aromatic rings. The molecule has 10 heteroatoms. The second kappa shape index (κ2) is 14.2. The highest BCUT2D eigenvalue weighted by molar-refractivity contribution is 5.35. The lowest BCUT2D eigenvalue weighted by Gasteiger charge is -2.31. The van der Waals surface area contributed by atoms with Gasteiger partial charge in [-0.15, -0.1) is 0 Å². The van der Waals surface area contributed by atoms with E-state index in [-0.39, 0.29) is 18.6 Å². The van der Waals surface area contributed by atoms with Crippen molar-refractivity contribution in [2.24, 2.45) is 5.92 Å². The number of nitrogens with zero attached hydrogens (tertiary/aromatic N) is 1. The van der Waals surface area contributed by atoms with Gasteiger partial charge in [0.2, 0.25) is 0 Å². The Balaban J connectivity index is 1.44. The fraction of sp³-hybridized carbons (Fsp3) is 0.314. The second-order valence-corrected chi connectivity index (χ2v) is 11.2. The van der Waals surface area contributed by atoms with Gasteiger partial charge in [-0.2, -0.15) is 26.3 Å². The van der Waals surface area contributed by atoms with Crippen LogP contribution in [0, 0.1) is 5.92 Å². The molecule has 5 rings (SSSR count). The van der Waals surface area contributed by atoms with Crippen LogP contribution in [-0.4, -0.2) is 36.1 Å². The number of hydrogen-bond acceptors (Lipinski definition) is 4. The summed E-state index contributed by atoms with van der Waals surface area (Å²) in [5.41, 5.74) is -0.314. The molecule has 4 atom stereocenters. The summed E-state index contributed by atoms with van der Waals surface area (Å²) in [6.07, 6.45) is -12.6. The number of alkyl halides is 6. The lowest BCUT2D eigenvalue weighted by molar-refractivity contribution is -0.163. The maximum absolute atomic E-state index is 13.6. The van der Waals surface area contributed by atoms with Gasteiger partial charge in [0, 0.05) is 31.5 Å². The van der Waals surface area contributed by atoms with E-state index < -0.39 is 54.0 Å². The van der Waals surface area contributed by atoms with Crippen LogP contribution in [-0.2, 0) is 34.9 Å². The molecular weight excluding hydrogens is 596 g/mol. The first-order valence-electron chi connectivity index (χ1n) is 14.5. The van der Waals surface area contributed by atoms with Gasteiger partial charge in [0.15, 0.2) is 6.29 Å². The average Bonchev–Trinajstić information content (AvgIpc) is 3.41. The van der Waals surface area contributed by atoms with Crippen molar-refractivity contribution in [3.05, 3.63) is 143 Å². The molecule has 45 heavy (non-hydrogen) atoms. The van der Waals surface area contributed by atoms with Crippen molar-refractivity contribution < 1.29 is 40.9 Å². The van der Waals surface area contributed by atoms with Gasteiger partial charge in [-0.1, -0.05) is 91.0 Å². The van der Waals surface area contributed by atoms with Crippen LogP contribution in [0.4, 0.5) is 26.3 Å². The SMILES string of the molecule is OCC(OC1OCC(CN(Cc2ccccc2)Cc2ccccc2)[C@H]1c1ccccc1)c1cc(C(F)(F)F)cc(C(F)(F)F)c1. The minimum Gasteiger partial charge on any atom is -0.393 e. The Kier molecular flexibility index (Phi) is 10.3. The van der Waals surface area contributed by atoms with Gasteiger partial charge in [0.05, 0.1) is 24.3 Å². The number of aliphatic hydroxyl groups is 1. The monoisotopic (exact) mass is 629 g/mol. The van der Waals surface area contributed by atoms with Crippen LogP contribution in [0.3, 0.4) is 0 Å². The first-order valence-corrected chi connectivity index (χ1v) is 14.5. The molecule has 0 aliphatic carbocycles. The van der Waals surface area contributed by atoms with E-state index in [9.17, 15) is 31.4 Å². The van der Waals surface area contributed by atoms with Crippen molar-refractivity contribution in [2.75, 3.05) is 19.8 Å². The molecule has 1 aliphatic rings. The standard InChI is InChI=1S/C35H33F6NO3/c36-34(37,38)29-16-27(17-30(18-29)35(39,40)41)31(22-43)45-33-32(26-14-8-3-9-15-26)28(23-44-33)21-42(19-24-10-4-1-5-11-24)20-25-12-6-2-7-13-25/h1-18,28,31-33,43H,19-23H2/t28?,31?,32-,33?/m1/s1. The molecule has 238 valence electrons. The van der Waals surface area contributed by atoms with Gasteiger partial charge in [0.1, 0.15) is 6.10 Å². The van der Waals surface area contributed by atoms with Crippen molar-refractivity contribution >= 4 is 0 Å². The van der Waals surface area contributed by atoms with E-state index in [1.54, 1.807) is 0 Å². The smallest absolute Gasteiger partial charge is 0.393 e. The summed E-state index contributed by atoms with van der Waals surface area (Å²) >= 11 is 0. The average molecular weight is 630 g/mol. The molecule has 0 aromatic heterocycles. The summed E-state index contributed by atoms with van der Waals surface area (Å²) < 4.78 is 93.6. The highest BCUT2D eigenvalue weighted by Crippen LogP contribution is 2.42. The van der Waals surface area contributed by atoms with Crippen LogP contribution in [0.15, 0.2) is 109 Å². The molecule has 4 nitrogen and oxygen atoms in total. The lowest BCUT2D eigenvalue weighted by Crippen LogP contribution is -2.33. The Hall–Kier alpha value is -3.70. The Morgan fingerprint density at radius 1 is 0.733 bits per heavy atom. The zero-order chi connectivity index (χ0) is 32.0. The Morgan fingerprint density at radius 2 is 1.22 bits per heavy atom. The number of aliphatic hydroxyl groups excluding tert-OH is 1. The summed E-state index contributed by atoms with van der Waals surface area (Å²) in [5.74, 6) is -0.557. The quantitative estimate of drug-likeness (QED) is 0.170. The third-order valence-corrected chi connectivity index (χ3v) is 7.90. The summed E-state index contributed by atoms with van der Waals surface area (Å²) in [6.45, 7) is 1.23. The van der Waals surface area contributed by atoms with Crippen molar-refractivity contribution in [1.82, 2.24) is 4.90 Å². The van der Waals surface area contributed by atoms with Gasteiger partial charge in [-0.05, 0) is 40.5 Å². The minimum absolute atomic E-state index is 0.0564.